The second-order valence-electron chi connectivity index (χ2n) is 6.05. The number of nitrogens with one attached hydrogen (secondary N) is 1. The van der Waals surface area contributed by atoms with Crippen molar-refractivity contribution in [2.24, 2.45) is 0 Å². The Morgan fingerprint density at radius 2 is 1.85 bits per heavy atom. The van der Waals surface area contributed by atoms with Crippen molar-refractivity contribution in [3.63, 3.8) is 0 Å². The van der Waals surface area contributed by atoms with Crippen LogP contribution in [0.3, 0.4) is 0 Å². The Labute approximate surface area is 167 Å². The number of benzene rings is 2. The maximum atomic E-state index is 6.05. The van der Waals surface area contributed by atoms with Gasteiger partial charge in [-0.1, -0.05) is 29.4 Å². The molecule has 1 saturated heterocycles. The molecule has 27 heavy (non-hydrogen) atoms. The van der Waals surface area contributed by atoms with Gasteiger partial charge in [0.25, 0.3) is 0 Å². The molecule has 3 aromatic rings. The monoisotopic (exact) mass is 398 g/mol. The zero-order chi connectivity index (χ0) is 18.5. The largest absolute Gasteiger partial charge is 0.378 e. The van der Waals surface area contributed by atoms with E-state index in [4.69, 9.17) is 16.3 Å². The first-order valence-electron chi connectivity index (χ1n) is 8.72. The molecule has 0 saturated carbocycles. The van der Waals surface area contributed by atoms with Gasteiger partial charge in [0.15, 0.2) is 0 Å². The van der Waals surface area contributed by atoms with Crippen LogP contribution in [0.2, 0.25) is 5.02 Å². The molecule has 0 unspecified atom stereocenters. The number of halogens is 1. The van der Waals surface area contributed by atoms with Crippen LogP contribution in [0.25, 0.3) is 0 Å². The smallest absolute Gasteiger partial charge is 0.228 e. The minimum Gasteiger partial charge on any atom is -0.378 e. The van der Waals surface area contributed by atoms with Crippen molar-refractivity contribution in [1.29, 1.82) is 0 Å². The van der Waals surface area contributed by atoms with E-state index in [0.717, 1.165) is 41.9 Å². The number of nitrogens with zero attached hydrogens (tertiary/aromatic N) is 3. The van der Waals surface area contributed by atoms with Crippen molar-refractivity contribution in [3.05, 3.63) is 65.8 Å². The first-order valence-corrected chi connectivity index (χ1v) is 9.92. The Bertz CT molecular complexity index is 900. The topological polar surface area (TPSA) is 50.3 Å². The van der Waals surface area contributed by atoms with E-state index in [0.29, 0.717) is 11.0 Å². The fourth-order valence-electron chi connectivity index (χ4n) is 2.82. The van der Waals surface area contributed by atoms with Gasteiger partial charge < -0.3 is 15.0 Å². The number of morpholine rings is 1. The zero-order valence-electron chi connectivity index (χ0n) is 14.6. The summed E-state index contributed by atoms with van der Waals surface area (Å²) in [5, 5.41) is 4.84. The van der Waals surface area contributed by atoms with Crippen LogP contribution >= 0.6 is 23.4 Å². The molecular formula is C20H19ClN4OS. The Morgan fingerprint density at radius 3 is 2.63 bits per heavy atom. The van der Waals surface area contributed by atoms with Crippen LogP contribution in [0.15, 0.2) is 70.7 Å². The van der Waals surface area contributed by atoms with Crippen LogP contribution in [0.1, 0.15) is 0 Å². The van der Waals surface area contributed by atoms with Gasteiger partial charge in [-0.05, 0) is 48.5 Å². The summed E-state index contributed by atoms with van der Waals surface area (Å²) in [6.07, 6.45) is 1.75. The molecule has 0 atom stereocenters. The quantitative estimate of drug-likeness (QED) is 0.619. The maximum Gasteiger partial charge on any atom is 0.228 e. The number of anilines is 3. The summed E-state index contributed by atoms with van der Waals surface area (Å²) in [7, 11) is 0. The van der Waals surface area contributed by atoms with E-state index in [2.05, 4.69) is 32.3 Å². The highest BCUT2D eigenvalue weighted by molar-refractivity contribution is 7.99. The van der Waals surface area contributed by atoms with Crippen molar-refractivity contribution in [2.75, 3.05) is 36.5 Å². The Morgan fingerprint density at radius 1 is 1.04 bits per heavy atom. The van der Waals surface area contributed by atoms with Gasteiger partial charge in [-0.3, -0.25) is 0 Å². The molecular weight excluding hydrogens is 380 g/mol. The lowest BCUT2D eigenvalue weighted by atomic mass is 10.2. The summed E-state index contributed by atoms with van der Waals surface area (Å²) in [4.78, 5) is 12.3. The third-order valence-electron chi connectivity index (χ3n) is 4.15. The summed E-state index contributed by atoms with van der Waals surface area (Å²) in [5.74, 6) is 0.571. The Balaban J connectivity index is 1.43. The van der Waals surface area contributed by atoms with Crippen LogP contribution in [0, 0.1) is 0 Å². The minimum atomic E-state index is 0.571. The number of hydrogen-bond donors (Lipinski definition) is 1. The molecule has 1 fully saturated rings. The zero-order valence-corrected chi connectivity index (χ0v) is 16.2. The van der Waals surface area contributed by atoms with Crippen LogP contribution in [-0.2, 0) is 4.74 Å². The minimum absolute atomic E-state index is 0.571. The molecule has 0 aliphatic carbocycles. The summed E-state index contributed by atoms with van der Waals surface area (Å²) in [6.45, 7) is 3.42. The van der Waals surface area contributed by atoms with Gasteiger partial charge in [-0.2, -0.15) is 0 Å². The summed E-state index contributed by atoms with van der Waals surface area (Å²) in [6, 6.07) is 17.9. The molecule has 1 aliphatic rings. The second-order valence-corrected chi connectivity index (χ2v) is 7.58. The first kappa shape index (κ1) is 18.1. The molecule has 1 aromatic heterocycles. The van der Waals surface area contributed by atoms with Gasteiger partial charge in [-0.25, -0.2) is 9.97 Å². The van der Waals surface area contributed by atoms with Crippen molar-refractivity contribution in [3.8, 4) is 0 Å². The van der Waals surface area contributed by atoms with Gasteiger partial charge in [-0.15, -0.1) is 0 Å². The summed E-state index contributed by atoms with van der Waals surface area (Å²) < 4.78 is 5.40. The highest BCUT2D eigenvalue weighted by Crippen LogP contribution is 2.28. The van der Waals surface area contributed by atoms with Crippen LogP contribution in [-0.4, -0.2) is 36.3 Å². The van der Waals surface area contributed by atoms with Gasteiger partial charge in [0.1, 0.15) is 5.03 Å². The van der Waals surface area contributed by atoms with Crippen LogP contribution in [0.5, 0.6) is 0 Å². The van der Waals surface area contributed by atoms with Crippen molar-refractivity contribution in [1.82, 2.24) is 9.97 Å². The number of aromatic nitrogens is 2. The van der Waals surface area contributed by atoms with Crippen molar-refractivity contribution in [2.45, 2.75) is 9.92 Å². The van der Waals surface area contributed by atoms with Crippen molar-refractivity contribution >= 4 is 40.7 Å². The standard InChI is InChI=1S/C20H19ClN4OS/c21-15-2-1-3-18(14-15)27-19-8-9-22-20(24-19)23-16-4-6-17(7-5-16)25-10-12-26-13-11-25/h1-9,14H,10-13H2,(H,22,23,24). The molecule has 0 amide bonds. The van der Waals surface area contributed by atoms with E-state index < -0.39 is 0 Å². The molecule has 138 valence electrons. The molecule has 1 aliphatic heterocycles. The molecule has 7 heteroatoms. The SMILES string of the molecule is Clc1cccc(Sc2ccnc(Nc3ccc(N4CCOCC4)cc3)n2)c1. The summed E-state index contributed by atoms with van der Waals surface area (Å²) >= 11 is 7.60. The van der Waals surface area contributed by atoms with Gasteiger partial charge in [0.2, 0.25) is 5.95 Å². The Kier molecular flexibility index (Phi) is 5.77. The van der Waals surface area contributed by atoms with E-state index in [-0.39, 0.29) is 0 Å². The highest BCUT2D eigenvalue weighted by atomic mass is 35.5. The molecule has 1 N–H and O–H groups in total. The van der Waals surface area contributed by atoms with E-state index in [1.165, 1.54) is 5.69 Å². The first-order chi connectivity index (χ1) is 13.3. The van der Waals surface area contributed by atoms with E-state index in [9.17, 15) is 0 Å². The molecule has 0 radical (unpaired) electrons. The third kappa shape index (κ3) is 4.91. The lowest BCUT2D eigenvalue weighted by molar-refractivity contribution is 0.122. The van der Waals surface area contributed by atoms with Gasteiger partial charge in [0, 0.05) is 40.6 Å². The molecule has 2 heterocycles. The predicted molar refractivity (Wildman–Crippen MR) is 110 cm³/mol. The molecule has 0 bridgehead atoms. The van der Waals surface area contributed by atoms with E-state index >= 15 is 0 Å². The van der Waals surface area contributed by atoms with Crippen LogP contribution < -0.4 is 10.2 Å². The van der Waals surface area contributed by atoms with Crippen LogP contribution in [0.4, 0.5) is 17.3 Å². The Hall–Kier alpha value is -2.28. The molecule has 0 spiro atoms. The highest BCUT2D eigenvalue weighted by Gasteiger charge is 2.11. The fraction of sp³-hybridized carbons (Fsp3) is 0.200. The number of rotatable bonds is 5. The van der Waals surface area contributed by atoms with Gasteiger partial charge >= 0.3 is 0 Å². The second kappa shape index (κ2) is 8.61. The van der Waals surface area contributed by atoms with E-state index in [1.54, 1.807) is 18.0 Å². The normalized spacial score (nSPS) is 14.2. The third-order valence-corrected chi connectivity index (χ3v) is 5.31. The molecule has 2 aromatic carbocycles. The average molecular weight is 399 g/mol. The lowest BCUT2D eigenvalue weighted by Gasteiger charge is -2.28. The molecule has 4 rings (SSSR count). The molecule has 5 nitrogen and oxygen atoms in total. The van der Waals surface area contributed by atoms with Crippen molar-refractivity contribution < 1.29 is 4.74 Å². The number of hydrogen-bond acceptors (Lipinski definition) is 6. The van der Waals surface area contributed by atoms with E-state index in [1.807, 2.05) is 42.5 Å². The fourth-order valence-corrected chi connectivity index (χ4v) is 3.91. The lowest BCUT2D eigenvalue weighted by Crippen LogP contribution is -2.36. The average Bonchev–Trinajstić information content (AvgIpc) is 2.70. The number of ether oxygens (including phenoxy) is 1. The predicted octanol–water partition coefficient (Wildman–Crippen LogP) is 4.86. The maximum absolute atomic E-state index is 6.05. The van der Waals surface area contributed by atoms with Gasteiger partial charge in [0.05, 0.1) is 13.2 Å². The summed E-state index contributed by atoms with van der Waals surface area (Å²) in [5.41, 5.74) is 2.16.